The summed E-state index contributed by atoms with van der Waals surface area (Å²) in [6.07, 6.45) is 1.64. The molecule has 1 heterocycles. The predicted octanol–water partition coefficient (Wildman–Crippen LogP) is 1.52. The van der Waals surface area contributed by atoms with Crippen molar-refractivity contribution in [3.05, 3.63) is 24.0 Å². The van der Waals surface area contributed by atoms with Crippen LogP contribution in [0.5, 0.6) is 5.75 Å². The lowest BCUT2D eigenvalue weighted by atomic mass is 10.3. The second kappa shape index (κ2) is 5.16. The number of ether oxygens (including phenoxy) is 1. The number of nitrogens with zero attached hydrogens (tertiary/aromatic N) is 1. The molecule has 0 atom stereocenters. The van der Waals surface area contributed by atoms with Crippen molar-refractivity contribution < 1.29 is 19.0 Å². The molecule has 1 N–H and O–H groups in total. The fraction of sp³-hybridized carbons (Fsp3) is 0.333. The molecular formula is C9H10FNO3. The van der Waals surface area contributed by atoms with Crippen LogP contribution in [0.4, 0.5) is 4.39 Å². The van der Waals surface area contributed by atoms with Gasteiger partial charge in [-0.25, -0.2) is 9.78 Å². The van der Waals surface area contributed by atoms with E-state index in [9.17, 15) is 9.18 Å². The molecule has 0 aliphatic carbocycles. The normalized spacial score (nSPS) is 9.79. The third-order valence-corrected chi connectivity index (χ3v) is 1.50. The molecule has 0 spiro atoms. The van der Waals surface area contributed by atoms with Crippen molar-refractivity contribution >= 4 is 5.97 Å². The first-order chi connectivity index (χ1) is 6.74. The van der Waals surface area contributed by atoms with E-state index in [4.69, 9.17) is 9.84 Å². The fourth-order valence-electron chi connectivity index (χ4n) is 0.862. The summed E-state index contributed by atoms with van der Waals surface area (Å²) >= 11 is 0. The summed E-state index contributed by atoms with van der Waals surface area (Å²) in [5, 5.41) is 8.60. The fourth-order valence-corrected chi connectivity index (χ4v) is 0.862. The molecule has 0 bridgehead atoms. The van der Waals surface area contributed by atoms with E-state index in [0.29, 0.717) is 12.2 Å². The Morgan fingerprint density at radius 1 is 1.64 bits per heavy atom. The van der Waals surface area contributed by atoms with Gasteiger partial charge in [0.15, 0.2) is 5.69 Å². The number of hydrogen-bond donors (Lipinski definition) is 1. The van der Waals surface area contributed by atoms with Crippen molar-refractivity contribution in [2.24, 2.45) is 0 Å². The number of alkyl halides is 1. The van der Waals surface area contributed by atoms with Gasteiger partial charge < -0.3 is 9.84 Å². The van der Waals surface area contributed by atoms with Crippen molar-refractivity contribution in [1.82, 2.24) is 4.98 Å². The summed E-state index contributed by atoms with van der Waals surface area (Å²) in [5.41, 5.74) is -0.0808. The summed E-state index contributed by atoms with van der Waals surface area (Å²) in [6.45, 7) is -0.212. The van der Waals surface area contributed by atoms with Crippen molar-refractivity contribution in [1.29, 1.82) is 0 Å². The van der Waals surface area contributed by atoms with Crippen LogP contribution in [0.3, 0.4) is 0 Å². The predicted molar refractivity (Wildman–Crippen MR) is 47.3 cm³/mol. The second-order valence-electron chi connectivity index (χ2n) is 2.57. The van der Waals surface area contributed by atoms with Gasteiger partial charge in [0, 0.05) is 18.7 Å². The maximum absolute atomic E-state index is 11.7. The molecule has 0 aliphatic rings. The number of carboxylic acid groups (broad SMARTS) is 1. The molecule has 4 nitrogen and oxygen atoms in total. The van der Waals surface area contributed by atoms with E-state index in [1.165, 1.54) is 18.3 Å². The molecule has 0 saturated carbocycles. The molecule has 0 fully saturated rings. The minimum atomic E-state index is -1.11. The van der Waals surface area contributed by atoms with Gasteiger partial charge in [0.05, 0.1) is 13.3 Å². The SMILES string of the molecule is O=C(O)c1cc(OCCCF)ccn1. The molecule has 76 valence electrons. The number of aromatic carboxylic acids is 1. The number of carbonyl (C=O) groups is 1. The third kappa shape index (κ3) is 3.01. The number of rotatable bonds is 5. The minimum Gasteiger partial charge on any atom is -0.493 e. The van der Waals surface area contributed by atoms with Crippen LogP contribution in [0.1, 0.15) is 16.9 Å². The molecule has 1 rings (SSSR count). The highest BCUT2D eigenvalue weighted by molar-refractivity contribution is 5.85. The van der Waals surface area contributed by atoms with Gasteiger partial charge in [-0.2, -0.15) is 0 Å². The van der Waals surface area contributed by atoms with Gasteiger partial charge >= 0.3 is 5.97 Å². The van der Waals surface area contributed by atoms with Crippen LogP contribution < -0.4 is 4.74 Å². The molecule has 5 heteroatoms. The molecule has 0 unspecified atom stereocenters. The van der Waals surface area contributed by atoms with Gasteiger partial charge in [0.1, 0.15) is 5.75 Å². The zero-order chi connectivity index (χ0) is 10.4. The zero-order valence-corrected chi connectivity index (χ0v) is 7.44. The Hall–Kier alpha value is -1.65. The average Bonchev–Trinajstić information content (AvgIpc) is 2.19. The van der Waals surface area contributed by atoms with E-state index in [-0.39, 0.29) is 12.3 Å². The van der Waals surface area contributed by atoms with Crippen LogP contribution >= 0.6 is 0 Å². The maximum Gasteiger partial charge on any atom is 0.354 e. The molecule has 0 amide bonds. The number of hydrogen-bond acceptors (Lipinski definition) is 3. The first-order valence-corrected chi connectivity index (χ1v) is 4.12. The monoisotopic (exact) mass is 199 g/mol. The molecule has 0 radical (unpaired) electrons. The van der Waals surface area contributed by atoms with Gasteiger partial charge in [0.25, 0.3) is 0 Å². The molecule has 0 saturated heterocycles. The first-order valence-electron chi connectivity index (χ1n) is 4.12. The number of pyridine rings is 1. The highest BCUT2D eigenvalue weighted by Gasteiger charge is 2.04. The Bertz CT molecular complexity index is 317. The lowest BCUT2D eigenvalue weighted by Crippen LogP contribution is -2.02. The van der Waals surface area contributed by atoms with Gasteiger partial charge in [-0.3, -0.25) is 4.39 Å². The second-order valence-corrected chi connectivity index (χ2v) is 2.57. The lowest BCUT2D eigenvalue weighted by molar-refractivity contribution is 0.0690. The molecule has 1 aromatic rings. The van der Waals surface area contributed by atoms with E-state index in [0.717, 1.165) is 0 Å². The Morgan fingerprint density at radius 3 is 3.07 bits per heavy atom. The van der Waals surface area contributed by atoms with Crippen molar-refractivity contribution in [3.8, 4) is 5.75 Å². The quantitative estimate of drug-likeness (QED) is 0.730. The number of halogens is 1. The molecular weight excluding hydrogens is 189 g/mol. The van der Waals surface area contributed by atoms with E-state index in [1.807, 2.05) is 0 Å². The third-order valence-electron chi connectivity index (χ3n) is 1.50. The van der Waals surface area contributed by atoms with Crippen molar-refractivity contribution in [2.75, 3.05) is 13.3 Å². The molecule has 0 aliphatic heterocycles. The highest BCUT2D eigenvalue weighted by Crippen LogP contribution is 2.11. The van der Waals surface area contributed by atoms with Crippen LogP contribution in [0, 0.1) is 0 Å². The lowest BCUT2D eigenvalue weighted by Gasteiger charge is -2.04. The van der Waals surface area contributed by atoms with Crippen LogP contribution in [0.25, 0.3) is 0 Å². The minimum absolute atomic E-state index is 0.0808. The summed E-state index contributed by atoms with van der Waals surface area (Å²) in [5.74, 6) is -0.716. The Kier molecular flexibility index (Phi) is 3.84. The zero-order valence-electron chi connectivity index (χ0n) is 7.44. The van der Waals surface area contributed by atoms with Gasteiger partial charge in [0.2, 0.25) is 0 Å². The number of carboxylic acids is 1. The summed E-state index contributed by atoms with van der Waals surface area (Å²) < 4.78 is 16.8. The van der Waals surface area contributed by atoms with E-state index in [2.05, 4.69) is 4.98 Å². The van der Waals surface area contributed by atoms with Crippen LogP contribution in [0.15, 0.2) is 18.3 Å². The van der Waals surface area contributed by atoms with E-state index in [1.54, 1.807) is 0 Å². The smallest absolute Gasteiger partial charge is 0.354 e. The Balaban J connectivity index is 2.59. The van der Waals surface area contributed by atoms with Gasteiger partial charge in [-0.05, 0) is 6.07 Å². The molecule has 1 aromatic heterocycles. The highest BCUT2D eigenvalue weighted by atomic mass is 19.1. The maximum atomic E-state index is 11.7. The van der Waals surface area contributed by atoms with Gasteiger partial charge in [-0.15, -0.1) is 0 Å². The van der Waals surface area contributed by atoms with E-state index < -0.39 is 12.6 Å². The Labute approximate surface area is 80.3 Å². The summed E-state index contributed by atoms with van der Waals surface area (Å²) in [6, 6.07) is 2.84. The number of aromatic nitrogens is 1. The summed E-state index contributed by atoms with van der Waals surface area (Å²) in [7, 11) is 0. The van der Waals surface area contributed by atoms with Crippen LogP contribution in [0.2, 0.25) is 0 Å². The van der Waals surface area contributed by atoms with Crippen LogP contribution in [-0.2, 0) is 0 Å². The largest absolute Gasteiger partial charge is 0.493 e. The van der Waals surface area contributed by atoms with Crippen LogP contribution in [-0.4, -0.2) is 29.3 Å². The molecule has 0 aromatic carbocycles. The first kappa shape index (κ1) is 10.4. The van der Waals surface area contributed by atoms with Crippen molar-refractivity contribution in [3.63, 3.8) is 0 Å². The standard InChI is InChI=1S/C9H10FNO3/c10-3-1-5-14-7-2-4-11-8(6-7)9(12)13/h2,4,6H,1,3,5H2,(H,12,13). The van der Waals surface area contributed by atoms with E-state index >= 15 is 0 Å². The summed E-state index contributed by atoms with van der Waals surface area (Å²) in [4.78, 5) is 14.1. The van der Waals surface area contributed by atoms with Crippen molar-refractivity contribution in [2.45, 2.75) is 6.42 Å². The molecule has 14 heavy (non-hydrogen) atoms. The topological polar surface area (TPSA) is 59.4 Å². The Morgan fingerprint density at radius 2 is 2.43 bits per heavy atom. The van der Waals surface area contributed by atoms with Gasteiger partial charge in [-0.1, -0.05) is 0 Å². The average molecular weight is 199 g/mol.